The summed E-state index contributed by atoms with van der Waals surface area (Å²) in [7, 11) is 0. The highest BCUT2D eigenvalue weighted by atomic mass is 35.5. The highest BCUT2D eigenvalue weighted by molar-refractivity contribution is 6.31. The summed E-state index contributed by atoms with van der Waals surface area (Å²) in [5.41, 5.74) is 4.25. The lowest BCUT2D eigenvalue weighted by molar-refractivity contribution is 0.0847. The third kappa shape index (κ3) is 8.41. The third-order valence-corrected chi connectivity index (χ3v) is 7.98. The first-order valence-electron chi connectivity index (χ1n) is 14.0. The van der Waals surface area contributed by atoms with E-state index in [2.05, 4.69) is 28.1 Å². The summed E-state index contributed by atoms with van der Waals surface area (Å²) in [6, 6.07) is 11.8. The minimum atomic E-state index is -0.682. The molecule has 0 spiro atoms. The molecule has 1 atom stereocenters. The molecule has 1 aromatic heterocycles. The summed E-state index contributed by atoms with van der Waals surface area (Å²) in [6.07, 6.45) is 0.940. The van der Waals surface area contributed by atoms with Crippen LogP contribution in [0, 0.1) is 13.8 Å². The Morgan fingerprint density at radius 1 is 1.05 bits per heavy atom. The molecule has 0 saturated carbocycles. The van der Waals surface area contributed by atoms with Crippen LogP contribution < -0.4 is 19.7 Å². The Labute approximate surface area is 277 Å². The van der Waals surface area contributed by atoms with Crippen LogP contribution in [0.4, 0.5) is 5.69 Å². The first kappa shape index (κ1) is 36.8. The summed E-state index contributed by atoms with van der Waals surface area (Å²) in [6.45, 7) is 11.1. The number of nitrogens with one attached hydrogen (secondary N) is 1. The number of benzene rings is 2. The second-order valence-electron chi connectivity index (χ2n) is 10.4. The standard InChI is InChI=1S/C30H38ClN5O4.3ClH/c1-4-6-28-33-29(21(3)36(28)22-9-10-26-27(17-22)40-16-15-39-26)30(38)32-18-23(37)19-34-11-13-35(14-12-34)25-8-5-7-24(31)20(25)2;;;/h5,7-10,17,23,37H,4,6,11-16,18-19H2,1-3H3,(H,32,38);3*1H. The minimum absolute atomic E-state index is 0. The highest BCUT2D eigenvalue weighted by Crippen LogP contribution is 2.33. The topological polar surface area (TPSA) is 92.1 Å². The number of hydrogen-bond acceptors (Lipinski definition) is 7. The number of rotatable bonds is 9. The van der Waals surface area contributed by atoms with E-state index in [-0.39, 0.29) is 49.7 Å². The van der Waals surface area contributed by atoms with Crippen molar-refractivity contribution in [3.63, 3.8) is 0 Å². The molecule has 0 aliphatic carbocycles. The molecule has 2 aromatic carbocycles. The van der Waals surface area contributed by atoms with Crippen molar-refractivity contribution in [1.29, 1.82) is 0 Å². The van der Waals surface area contributed by atoms with E-state index in [1.54, 1.807) is 0 Å². The van der Waals surface area contributed by atoms with E-state index >= 15 is 0 Å². The number of ether oxygens (including phenoxy) is 2. The number of aliphatic hydroxyl groups excluding tert-OH is 1. The monoisotopic (exact) mass is 675 g/mol. The van der Waals surface area contributed by atoms with Crippen LogP contribution in [-0.2, 0) is 6.42 Å². The van der Waals surface area contributed by atoms with Crippen molar-refractivity contribution in [3.8, 4) is 17.2 Å². The van der Waals surface area contributed by atoms with Gasteiger partial charge in [-0.1, -0.05) is 24.6 Å². The number of hydrogen-bond donors (Lipinski definition) is 2. The average molecular weight is 678 g/mol. The normalized spacial score (nSPS) is 15.0. The number of fused-ring (bicyclic) bond motifs is 1. The van der Waals surface area contributed by atoms with Gasteiger partial charge in [0.15, 0.2) is 11.5 Å². The number of piperazine rings is 1. The van der Waals surface area contributed by atoms with Crippen LogP contribution in [0.3, 0.4) is 0 Å². The molecule has 9 nitrogen and oxygen atoms in total. The Bertz CT molecular complexity index is 1360. The number of aromatic nitrogens is 2. The lowest BCUT2D eigenvalue weighted by Crippen LogP contribution is -2.50. The molecule has 0 bridgehead atoms. The lowest BCUT2D eigenvalue weighted by Gasteiger charge is -2.37. The summed E-state index contributed by atoms with van der Waals surface area (Å²) in [4.78, 5) is 22.4. The molecule has 238 valence electrons. The fourth-order valence-corrected chi connectivity index (χ4v) is 5.62. The van der Waals surface area contributed by atoms with Crippen molar-refractivity contribution in [3.05, 3.63) is 64.2 Å². The van der Waals surface area contributed by atoms with Gasteiger partial charge in [0, 0.05) is 62.5 Å². The van der Waals surface area contributed by atoms with Crippen molar-refractivity contribution < 1.29 is 19.4 Å². The van der Waals surface area contributed by atoms with Gasteiger partial charge in [0.25, 0.3) is 5.91 Å². The van der Waals surface area contributed by atoms with Crippen molar-refractivity contribution in [2.45, 2.75) is 39.7 Å². The molecular weight excluding hydrogens is 636 g/mol. The van der Waals surface area contributed by atoms with E-state index in [0.29, 0.717) is 31.2 Å². The molecule has 13 heteroatoms. The maximum atomic E-state index is 13.2. The van der Waals surface area contributed by atoms with Gasteiger partial charge in [0.05, 0.1) is 17.5 Å². The zero-order valence-corrected chi connectivity index (χ0v) is 27.9. The molecule has 1 saturated heterocycles. The molecular formula is C30H41Cl4N5O4. The second-order valence-corrected chi connectivity index (χ2v) is 10.8. The molecule has 1 amide bonds. The number of β-amino-alcohol motifs (C(OH)–C–C–N with tert-alkyl or cyclic N) is 1. The smallest absolute Gasteiger partial charge is 0.271 e. The zero-order valence-electron chi connectivity index (χ0n) is 24.7. The lowest BCUT2D eigenvalue weighted by atomic mass is 10.1. The van der Waals surface area contributed by atoms with Crippen LogP contribution in [-0.4, -0.2) is 84.1 Å². The van der Waals surface area contributed by atoms with Crippen LogP contribution in [0.2, 0.25) is 5.02 Å². The molecule has 3 heterocycles. The fourth-order valence-electron chi connectivity index (χ4n) is 5.45. The van der Waals surface area contributed by atoms with Gasteiger partial charge in [0.2, 0.25) is 0 Å². The van der Waals surface area contributed by atoms with Gasteiger partial charge in [0.1, 0.15) is 24.7 Å². The molecule has 2 N–H and O–H groups in total. The van der Waals surface area contributed by atoms with E-state index < -0.39 is 6.10 Å². The van der Waals surface area contributed by atoms with Crippen LogP contribution in [0.25, 0.3) is 5.69 Å². The van der Waals surface area contributed by atoms with Crippen molar-refractivity contribution >= 4 is 60.4 Å². The molecule has 43 heavy (non-hydrogen) atoms. The number of imidazole rings is 1. The number of halogens is 4. The number of aliphatic hydroxyl groups is 1. The number of carbonyl (C=O) groups is 1. The molecule has 1 fully saturated rings. The first-order valence-corrected chi connectivity index (χ1v) is 14.4. The second kappa shape index (κ2) is 16.6. The summed E-state index contributed by atoms with van der Waals surface area (Å²) in [5, 5.41) is 14.4. The maximum Gasteiger partial charge on any atom is 0.271 e. The average Bonchev–Trinajstić information content (AvgIpc) is 3.29. The fraction of sp³-hybridized carbons (Fsp3) is 0.467. The predicted molar refractivity (Wildman–Crippen MR) is 178 cm³/mol. The zero-order chi connectivity index (χ0) is 28.2. The van der Waals surface area contributed by atoms with Gasteiger partial charge in [-0.05, 0) is 50.1 Å². The number of amides is 1. The predicted octanol–water partition coefficient (Wildman–Crippen LogP) is 5.04. The van der Waals surface area contributed by atoms with E-state index in [4.69, 9.17) is 26.1 Å². The Morgan fingerprint density at radius 3 is 2.44 bits per heavy atom. The van der Waals surface area contributed by atoms with E-state index in [1.165, 1.54) is 0 Å². The molecule has 2 aliphatic rings. The molecule has 2 aliphatic heterocycles. The van der Waals surface area contributed by atoms with E-state index in [0.717, 1.165) is 78.2 Å². The van der Waals surface area contributed by atoms with Gasteiger partial charge >= 0.3 is 0 Å². The van der Waals surface area contributed by atoms with Crippen molar-refractivity contribution in [1.82, 2.24) is 19.8 Å². The molecule has 5 rings (SSSR count). The van der Waals surface area contributed by atoms with Gasteiger partial charge in [-0.25, -0.2) is 4.98 Å². The Morgan fingerprint density at radius 2 is 1.74 bits per heavy atom. The van der Waals surface area contributed by atoms with Gasteiger partial charge < -0.3 is 29.4 Å². The van der Waals surface area contributed by atoms with Gasteiger partial charge in [-0.3, -0.25) is 9.69 Å². The SMILES string of the molecule is CCCc1nc(C(=O)NCC(O)CN2CCN(c3cccc(Cl)c3C)CC2)c(C)n1-c1ccc2c(c1)OCCO2.Cl.Cl.Cl. The molecule has 0 radical (unpaired) electrons. The number of carbonyl (C=O) groups excluding carboxylic acids is 1. The number of aryl methyl sites for hydroxylation is 1. The van der Waals surface area contributed by atoms with E-state index in [1.807, 2.05) is 48.7 Å². The van der Waals surface area contributed by atoms with Crippen LogP contribution >= 0.6 is 48.8 Å². The van der Waals surface area contributed by atoms with Crippen molar-refractivity contribution in [2.75, 3.05) is 57.4 Å². The first-order chi connectivity index (χ1) is 19.4. The third-order valence-electron chi connectivity index (χ3n) is 7.57. The van der Waals surface area contributed by atoms with Crippen molar-refractivity contribution in [2.24, 2.45) is 0 Å². The van der Waals surface area contributed by atoms with Gasteiger partial charge in [-0.2, -0.15) is 0 Å². The quantitative estimate of drug-likeness (QED) is 0.328. The van der Waals surface area contributed by atoms with E-state index in [9.17, 15) is 9.90 Å². The summed E-state index contributed by atoms with van der Waals surface area (Å²) in [5.74, 6) is 1.94. The van der Waals surface area contributed by atoms with Crippen LogP contribution in [0.1, 0.15) is 40.9 Å². The molecule has 1 unspecified atom stereocenters. The Kier molecular flexibility index (Phi) is 14.2. The van der Waals surface area contributed by atoms with Gasteiger partial charge in [-0.15, -0.1) is 37.2 Å². The summed E-state index contributed by atoms with van der Waals surface area (Å²) < 4.78 is 13.4. The largest absolute Gasteiger partial charge is 0.486 e. The Balaban J connectivity index is 0.00000215. The van der Waals surface area contributed by atoms with Crippen LogP contribution in [0.15, 0.2) is 36.4 Å². The Hall–Kier alpha value is -2.40. The number of nitrogens with zero attached hydrogens (tertiary/aromatic N) is 4. The number of anilines is 1. The molecule has 3 aromatic rings. The highest BCUT2D eigenvalue weighted by Gasteiger charge is 2.24. The summed E-state index contributed by atoms with van der Waals surface area (Å²) >= 11 is 6.31. The minimum Gasteiger partial charge on any atom is -0.486 e. The maximum absolute atomic E-state index is 13.2. The van der Waals surface area contributed by atoms with Crippen LogP contribution in [0.5, 0.6) is 11.5 Å².